The van der Waals surface area contributed by atoms with Gasteiger partial charge in [-0.05, 0) is 16.7 Å². The summed E-state index contributed by atoms with van der Waals surface area (Å²) in [4.78, 5) is 21.6. The van der Waals surface area contributed by atoms with Crippen LogP contribution in [0.1, 0.15) is 29.3 Å². The highest BCUT2D eigenvalue weighted by atomic mass is 79.9. The number of ether oxygens (including phenoxy) is 1. The SMILES string of the molecule is CC(=O)OCC(=NOCCBr)c1csc(NC(c2ccccc2)(c2ccccc2)c2ccccc2)n1. The molecule has 0 spiro atoms. The number of esters is 1. The number of hydrogen-bond donors (Lipinski definition) is 1. The van der Waals surface area contributed by atoms with Crippen molar-refractivity contribution in [1.29, 1.82) is 0 Å². The van der Waals surface area contributed by atoms with E-state index in [0.29, 0.717) is 28.5 Å². The third-order valence-electron chi connectivity index (χ3n) is 5.47. The van der Waals surface area contributed by atoms with Crippen molar-refractivity contribution < 1.29 is 14.4 Å². The number of rotatable bonds is 11. The standard InChI is InChI=1S/C28H26BrN3O3S/c1-21(33)34-19-25(32-35-18-17-29)26-20-36-27(30-26)31-28(22-11-5-2-6-12-22,23-13-7-3-8-14-23)24-15-9-4-10-16-24/h2-16,20H,17-19H2,1H3,(H,30,31). The molecule has 0 amide bonds. The number of halogens is 1. The number of thiazole rings is 1. The molecule has 0 unspecified atom stereocenters. The topological polar surface area (TPSA) is 72.8 Å². The summed E-state index contributed by atoms with van der Waals surface area (Å²) >= 11 is 4.77. The van der Waals surface area contributed by atoms with Crippen LogP contribution in [0.5, 0.6) is 0 Å². The van der Waals surface area contributed by atoms with Crippen LogP contribution in [0.3, 0.4) is 0 Å². The molecule has 0 aliphatic carbocycles. The third kappa shape index (κ3) is 6.01. The Balaban J connectivity index is 1.79. The van der Waals surface area contributed by atoms with Gasteiger partial charge in [0.2, 0.25) is 0 Å². The van der Waals surface area contributed by atoms with Gasteiger partial charge in [-0.3, -0.25) is 4.79 Å². The highest BCUT2D eigenvalue weighted by Gasteiger charge is 2.37. The minimum Gasteiger partial charge on any atom is -0.459 e. The number of alkyl halides is 1. The molecule has 0 fully saturated rings. The molecule has 0 aliphatic heterocycles. The largest absolute Gasteiger partial charge is 0.459 e. The Hall–Kier alpha value is -3.49. The number of aromatic nitrogens is 1. The van der Waals surface area contributed by atoms with Crippen LogP contribution in [0.2, 0.25) is 0 Å². The third-order valence-corrected chi connectivity index (χ3v) is 6.55. The van der Waals surface area contributed by atoms with Crippen LogP contribution in [0.25, 0.3) is 0 Å². The van der Waals surface area contributed by atoms with Gasteiger partial charge >= 0.3 is 5.97 Å². The average Bonchev–Trinajstić information content (AvgIpc) is 3.39. The maximum absolute atomic E-state index is 11.4. The number of nitrogens with zero attached hydrogens (tertiary/aromatic N) is 2. The van der Waals surface area contributed by atoms with E-state index in [2.05, 4.69) is 62.8 Å². The lowest BCUT2D eigenvalue weighted by molar-refractivity contribution is -0.139. The molecule has 36 heavy (non-hydrogen) atoms. The summed E-state index contributed by atoms with van der Waals surface area (Å²) in [6, 6.07) is 30.9. The fraction of sp³-hybridized carbons (Fsp3) is 0.179. The smallest absolute Gasteiger partial charge is 0.303 e. The van der Waals surface area contributed by atoms with Crippen molar-refractivity contribution in [3.05, 3.63) is 119 Å². The van der Waals surface area contributed by atoms with Crippen LogP contribution in [-0.4, -0.2) is 35.2 Å². The quantitative estimate of drug-likeness (QED) is 0.0585. The molecule has 1 heterocycles. The second kappa shape index (κ2) is 12.5. The number of hydrogen-bond acceptors (Lipinski definition) is 7. The number of anilines is 1. The van der Waals surface area contributed by atoms with Crippen molar-refractivity contribution in [3.8, 4) is 0 Å². The minimum atomic E-state index is -0.696. The molecule has 0 aliphatic rings. The van der Waals surface area contributed by atoms with E-state index in [1.807, 2.05) is 60.0 Å². The Bertz CT molecular complexity index is 1180. The van der Waals surface area contributed by atoms with E-state index in [1.54, 1.807) is 0 Å². The molecule has 1 aromatic heterocycles. The maximum atomic E-state index is 11.4. The maximum Gasteiger partial charge on any atom is 0.303 e. The van der Waals surface area contributed by atoms with E-state index in [-0.39, 0.29) is 6.61 Å². The van der Waals surface area contributed by atoms with E-state index in [1.165, 1.54) is 18.3 Å². The Morgan fingerprint density at radius 3 is 1.94 bits per heavy atom. The fourth-order valence-corrected chi connectivity index (χ4v) is 4.80. The molecule has 1 N–H and O–H groups in total. The van der Waals surface area contributed by atoms with Crippen molar-refractivity contribution in [2.75, 3.05) is 23.9 Å². The zero-order chi connectivity index (χ0) is 25.2. The lowest BCUT2D eigenvalue weighted by atomic mass is 9.77. The highest BCUT2D eigenvalue weighted by Crippen LogP contribution is 2.40. The molecule has 0 saturated carbocycles. The molecule has 4 aromatic rings. The monoisotopic (exact) mass is 563 g/mol. The molecule has 3 aromatic carbocycles. The van der Waals surface area contributed by atoms with Crippen LogP contribution >= 0.6 is 27.3 Å². The van der Waals surface area contributed by atoms with E-state index in [9.17, 15) is 4.79 Å². The Kier molecular flexibility index (Phi) is 8.86. The van der Waals surface area contributed by atoms with Crippen molar-refractivity contribution in [3.63, 3.8) is 0 Å². The molecule has 184 valence electrons. The number of nitrogens with one attached hydrogen (secondary N) is 1. The van der Waals surface area contributed by atoms with Crippen molar-refractivity contribution in [2.24, 2.45) is 5.16 Å². The van der Waals surface area contributed by atoms with Gasteiger partial charge in [-0.1, -0.05) is 112 Å². The van der Waals surface area contributed by atoms with Gasteiger partial charge in [-0.15, -0.1) is 11.3 Å². The van der Waals surface area contributed by atoms with E-state index >= 15 is 0 Å². The van der Waals surface area contributed by atoms with E-state index < -0.39 is 11.5 Å². The summed E-state index contributed by atoms with van der Waals surface area (Å²) in [6.45, 7) is 1.72. The molecule has 0 atom stereocenters. The first-order valence-corrected chi connectivity index (χ1v) is 13.4. The van der Waals surface area contributed by atoms with Crippen LogP contribution in [0.15, 0.2) is 102 Å². The van der Waals surface area contributed by atoms with Gasteiger partial charge in [0.15, 0.2) is 5.13 Å². The number of oxime groups is 1. The molecular weight excluding hydrogens is 538 g/mol. The first-order valence-electron chi connectivity index (χ1n) is 11.4. The summed E-state index contributed by atoms with van der Waals surface area (Å²) in [7, 11) is 0. The summed E-state index contributed by atoms with van der Waals surface area (Å²) in [5.41, 5.74) is 3.57. The first-order chi connectivity index (χ1) is 17.6. The molecule has 8 heteroatoms. The van der Waals surface area contributed by atoms with Crippen LogP contribution in [0, 0.1) is 0 Å². The van der Waals surface area contributed by atoms with Crippen LogP contribution in [0.4, 0.5) is 5.13 Å². The zero-order valence-electron chi connectivity index (χ0n) is 19.8. The van der Waals surface area contributed by atoms with Gasteiger partial charge in [-0.25, -0.2) is 4.98 Å². The average molecular weight is 565 g/mol. The normalized spacial score (nSPS) is 11.7. The molecular formula is C28H26BrN3O3S. The Morgan fingerprint density at radius 1 is 0.944 bits per heavy atom. The molecule has 0 radical (unpaired) electrons. The van der Waals surface area contributed by atoms with Gasteiger partial charge in [0.25, 0.3) is 0 Å². The summed E-state index contributed by atoms with van der Waals surface area (Å²) in [6.07, 6.45) is 0. The van der Waals surface area contributed by atoms with Crippen molar-refractivity contribution in [2.45, 2.75) is 12.5 Å². The Labute approximate surface area is 223 Å². The van der Waals surface area contributed by atoms with Crippen LogP contribution in [-0.2, 0) is 19.9 Å². The predicted octanol–water partition coefficient (Wildman–Crippen LogP) is 6.23. The lowest BCUT2D eigenvalue weighted by Crippen LogP contribution is -2.38. The molecule has 0 bridgehead atoms. The van der Waals surface area contributed by atoms with Gasteiger partial charge in [0, 0.05) is 17.6 Å². The number of benzene rings is 3. The van der Waals surface area contributed by atoms with Crippen molar-refractivity contribution >= 4 is 44.1 Å². The molecule has 0 saturated heterocycles. The van der Waals surface area contributed by atoms with Gasteiger partial charge in [0.05, 0.1) is 0 Å². The number of carbonyl (C=O) groups is 1. The second-order valence-corrected chi connectivity index (χ2v) is 9.50. The second-order valence-electron chi connectivity index (χ2n) is 7.85. The van der Waals surface area contributed by atoms with Gasteiger partial charge in [-0.2, -0.15) is 0 Å². The summed E-state index contributed by atoms with van der Waals surface area (Å²) in [5.74, 6) is -0.395. The van der Waals surface area contributed by atoms with Crippen molar-refractivity contribution in [1.82, 2.24) is 4.98 Å². The fourth-order valence-electron chi connectivity index (χ4n) is 3.88. The summed E-state index contributed by atoms with van der Waals surface area (Å²) < 4.78 is 5.19. The lowest BCUT2D eigenvalue weighted by Gasteiger charge is -2.36. The molecule has 4 rings (SSSR count). The van der Waals surface area contributed by atoms with Crippen LogP contribution < -0.4 is 5.32 Å². The Morgan fingerprint density at radius 2 is 1.47 bits per heavy atom. The van der Waals surface area contributed by atoms with Gasteiger partial charge in [0.1, 0.15) is 30.2 Å². The van der Waals surface area contributed by atoms with E-state index in [4.69, 9.17) is 14.6 Å². The minimum absolute atomic E-state index is 0.0258. The summed E-state index contributed by atoms with van der Waals surface area (Å²) in [5, 5.41) is 11.1. The van der Waals surface area contributed by atoms with E-state index in [0.717, 1.165) is 16.7 Å². The zero-order valence-corrected chi connectivity index (χ0v) is 22.2. The predicted molar refractivity (Wildman–Crippen MR) is 148 cm³/mol. The highest BCUT2D eigenvalue weighted by molar-refractivity contribution is 9.09. The van der Waals surface area contributed by atoms with Gasteiger partial charge < -0.3 is 14.9 Å². The molecule has 6 nitrogen and oxygen atoms in total. The number of carbonyl (C=O) groups excluding carboxylic acids is 1. The first kappa shape index (κ1) is 25.6.